The van der Waals surface area contributed by atoms with Gasteiger partial charge in [-0.25, -0.2) is 14.4 Å². The maximum atomic E-state index is 14.3. The summed E-state index contributed by atoms with van der Waals surface area (Å²) >= 11 is 5.83. The molecule has 7 heteroatoms. The summed E-state index contributed by atoms with van der Waals surface area (Å²) in [5.41, 5.74) is 1.25. The van der Waals surface area contributed by atoms with Crippen LogP contribution in [0.1, 0.15) is 5.82 Å². The molecule has 24 heavy (non-hydrogen) atoms. The molecule has 0 aliphatic heterocycles. The van der Waals surface area contributed by atoms with Crippen molar-refractivity contribution in [2.45, 2.75) is 6.54 Å². The second-order valence-corrected chi connectivity index (χ2v) is 5.71. The van der Waals surface area contributed by atoms with Crippen LogP contribution in [-0.2, 0) is 6.54 Å². The van der Waals surface area contributed by atoms with Gasteiger partial charge in [-0.2, -0.15) is 0 Å². The maximum absolute atomic E-state index is 14.3. The summed E-state index contributed by atoms with van der Waals surface area (Å²) in [5.74, 6) is 0.874. The molecule has 4 rings (SSSR count). The monoisotopic (exact) mass is 342 g/mol. The second-order valence-electron chi connectivity index (χ2n) is 5.27. The first-order valence-corrected chi connectivity index (χ1v) is 7.62. The van der Waals surface area contributed by atoms with Gasteiger partial charge in [0.1, 0.15) is 11.6 Å². The van der Waals surface area contributed by atoms with Gasteiger partial charge in [-0.3, -0.25) is 0 Å². The van der Waals surface area contributed by atoms with Gasteiger partial charge >= 0.3 is 0 Å². The predicted octanol–water partition coefficient (Wildman–Crippen LogP) is 4.39. The molecule has 5 nitrogen and oxygen atoms in total. The van der Waals surface area contributed by atoms with E-state index in [2.05, 4.69) is 15.0 Å². The Morgan fingerprint density at radius 2 is 2.04 bits per heavy atom. The number of imidazole rings is 2. The van der Waals surface area contributed by atoms with Crippen molar-refractivity contribution in [1.29, 1.82) is 0 Å². The molecule has 0 fully saturated rings. The number of rotatable bonds is 4. The highest BCUT2D eigenvalue weighted by molar-refractivity contribution is 6.30. The van der Waals surface area contributed by atoms with Gasteiger partial charge in [-0.05, 0) is 24.3 Å². The number of hydrogen-bond acceptors (Lipinski definition) is 3. The molecule has 0 radical (unpaired) electrons. The van der Waals surface area contributed by atoms with Crippen molar-refractivity contribution < 1.29 is 9.13 Å². The molecule has 0 unspecified atom stereocenters. The van der Waals surface area contributed by atoms with E-state index in [0.29, 0.717) is 34.2 Å². The van der Waals surface area contributed by atoms with E-state index in [-0.39, 0.29) is 5.75 Å². The zero-order valence-electron chi connectivity index (χ0n) is 12.4. The smallest absolute Gasteiger partial charge is 0.167 e. The Morgan fingerprint density at radius 3 is 2.79 bits per heavy atom. The third-order valence-corrected chi connectivity index (χ3v) is 3.77. The average Bonchev–Trinajstić information content (AvgIpc) is 3.19. The minimum absolute atomic E-state index is 0.116. The normalized spacial score (nSPS) is 11.1. The van der Waals surface area contributed by atoms with Gasteiger partial charge in [0.15, 0.2) is 11.6 Å². The van der Waals surface area contributed by atoms with E-state index < -0.39 is 5.82 Å². The fourth-order valence-corrected chi connectivity index (χ4v) is 2.53. The van der Waals surface area contributed by atoms with E-state index in [1.807, 2.05) is 10.8 Å². The lowest BCUT2D eigenvalue weighted by atomic mass is 10.3. The van der Waals surface area contributed by atoms with Crippen LogP contribution < -0.4 is 4.74 Å². The fourth-order valence-electron chi connectivity index (χ4n) is 2.40. The van der Waals surface area contributed by atoms with Crippen molar-refractivity contribution in [3.8, 4) is 11.5 Å². The van der Waals surface area contributed by atoms with Gasteiger partial charge in [0.2, 0.25) is 0 Å². The third-order valence-electron chi connectivity index (χ3n) is 3.52. The number of hydrogen-bond donors (Lipinski definition) is 1. The van der Waals surface area contributed by atoms with E-state index in [1.165, 1.54) is 6.07 Å². The molecule has 0 saturated heterocycles. The predicted molar refractivity (Wildman–Crippen MR) is 88.9 cm³/mol. The quantitative estimate of drug-likeness (QED) is 0.598. The van der Waals surface area contributed by atoms with Crippen molar-refractivity contribution in [1.82, 2.24) is 19.5 Å². The number of H-pyrrole nitrogens is 1. The summed E-state index contributed by atoms with van der Waals surface area (Å²) in [6.07, 6.45) is 5.23. The SMILES string of the molecule is Fc1cc2[nH]c(Cn3ccnc3)nc2cc1Oc1ccc(Cl)cc1. The summed E-state index contributed by atoms with van der Waals surface area (Å²) in [6, 6.07) is 9.69. The van der Waals surface area contributed by atoms with Crippen molar-refractivity contribution in [2.24, 2.45) is 0 Å². The molecule has 0 amide bonds. The van der Waals surface area contributed by atoms with Crippen molar-refractivity contribution in [3.63, 3.8) is 0 Å². The average molecular weight is 343 g/mol. The van der Waals surface area contributed by atoms with Crippen LogP contribution in [0.25, 0.3) is 11.0 Å². The third kappa shape index (κ3) is 2.96. The minimum Gasteiger partial charge on any atom is -0.454 e. The Balaban J connectivity index is 1.64. The molecule has 2 aromatic carbocycles. The van der Waals surface area contributed by atoms with Crippen LogP contribution in [0.4, 0.5) is 4.39 Å². The summed E-state index contributed by atoms with van der Waals surface area (Å²) in [7, 11) is 0. The maximum Gasteiger partial charge on any atom is 0.167 e. The number of aromatic nitrogens is 4. The number of aromatic amines is 1. The van der Waals surface area contributed by atoms with Gasteiger partial charge in [0, 0.05) is 29.5 Å². The Labute approximate surface area is 141 Å². The van der Waals surface area contributed by atoms with Crippen molar-refractivity contribution in [2.75, 3.05) is 0 Å². The van der Waals surface area contributed by atoms with Crippen LogP contribution in [0.5, 0.6) is 11.5 Å². The van der Waals surface area contributed by atoms with Gasteiger partial charge < -0.3 is 14.3 Å². The van der Waals surface area contributed by atoms with Crippen molar-refractivity contribution >= 4 is 22.6 Å². The van der Waals surface area contributed by atoms with Crippen LogP contribution in [0.3, 0.4) is 0 Å². The molecule has 0 bridgehead atoms. The highest BCUT2D eigenvalue weighted by Crippen LogP contribution is 2.29. The number of ether oxygens (including phenoxy) is 1. The molecule has 120 valence electrons. The lowest BCUT2D eigenvalue weighted by Gasteiger charge is -2.06. The molecular formula is C17H12ClFN4O. The molecule has 2 aromatic heterocycles. The van der Waals surface area contributed by atoms with Crippen LogP contribution in [0, 0.1) is 5.82 Å². The zero-order valence-corrected chi connectivity index (χ0v) is 13.2. The molecule has 0 saturated carbocycles. The standard InChI is InChI=1S/C17H12ClFN4O/c18-11-1-3-12(4-2-11)24-16-8-15-14(7-13(16)19)21-17(22-15)9-23-6-5-20-10-23/h1-8,10H,9H2,(H,21,22). The van der Waals surface area contributed by atoms with Crippen LogP contribution in [-0.4, -0.2) is 19.5 Å². The molecule has 0 atom stereocenters. The molecule has 0 aliphatic rings. The first-order chi connectivity index (χ1) is 11.7. The number of benzene rings is 2. The molecule has 0 spiro atoms. The Morgan fingerprint density at radius 1 is 1.21 bits per heavy atom. The number of fused-ring (bicyclic) bond motifs is 1. The van der Waals surface area contributed by atoms with Gasteiger partial charge in [0.25, 0.3) is 0 Å². The van der Waals surface area contributed by atoms with Crippen LogP contribution in [0.15, 0.2) is 55.1 Å². The molecule has 0 aliphatic carbocycles. The summed E-state index contributed by atoms with van der Waals surface area (Å²) in [5, 5.41) is 0.592. The van der Waals surface area contributed by atoms with Gasteiger partial charge in [-0.15, -0.1) is 0 Å². The van der Waals surface area contributed by atoms with Crippen LogP contribution >= 0.6 is 11.6 Å². The molecule has 2 heterocycles. The highest BCUT2D eigenvalue weighted by Gasteiger charge is 2.11. The van der Waals surface area contributed by atoms with E-state index in [0.717, 1.165) is 0 Å². The zero-order chi connectivity index (χ0) is 16.5. The lowest BCUT2D eigenvalue weighted by molar-refractivity contribution is 0.443. The first kappa shape index (κ1) is 14.7. The van der Waals surface area contributed by atoms with E-state index in [4.69, 9.17) is 16.3 Å². The summed E-state index contributed by atoms with van der Waals surface area (Å²) < 4.78 is 21.7. The molecule has 1 N–H and O–H groups in total. The Kier molecular flexibility index (Phi) is 3.66. The molecular weight excluding hydrogens is 331 g/mol. The second kappa shape index (κ2) is 5.98. The number of nitrogens with one attached hydrogen (secondary N) is 1. The minimum atomic E-state index is -0.463. The summed E-state index contributed by atoms with van der Waals surface area (Å²) in [4.78, 5) is 11.6. The highest BCUT2D eigenvalue weighted by atomic mass is 35.5. The Bertz CT molecular complexity index is 980. The lowest BCUT2D eigenvalue weighted by Crippen LogP contribution is -1.97. The van der Waals surface area contributed by atoms with E-state index >= 15 is 0 Å². The van der Waals surface area contributed by atoms with Crippen LogP contribution in [0.2, 0.25) is 5.02 Å². The van der Waals surface area contributed by atoms with Gasteiger partial charge in [0.05, 0.1) is 23.9 Å². The Hall–Kier alpha value is -2.86. The summed E-state index contributed by atoms with van der Waals surface area (Å²) in [6.45, 7) is 0.531. The number of halogens is 2. The van der Waals surface area contributed by atoms with Crippen molar-refractivity contribution in [3.05, 3.63) is 71.8 Å². The van der Waals surface area contributed by atoms with E-state index in [9.17, 15) is 4.39 Å². The van der Waals surface area contributed by atoms with Gasteiger partial charge in [-0.1, -0.05) is 11.6 Å². The number of nitrogens with zero attached hydrogens (tertiary/aromatic N) is 3. The largest absolute Gasteiger partial charge is 0.454 e. The fraction of sp³-hybridized carbons (Fsp3) is 0.0588. The first-order valence-electron chi connectivity index (χ1n) is 7.25. The van der Waals surface area contributed by atoms with E-state index in [1.54, 1.807) is 42.9 Å². The topological polar surface area (TPSA) is 55.7 Å². The molecule has 4 aromatic rings.